The normalized spacial score (nSPS) is 18.9. The maximum absolute atomic E-state index is 5.84. The number of ether oxygens (including phenoxy) is 1. The highest BCUT2D eigenvalue weighted by Crippen LogP contribution is 2.39. The average molecular weight is 327 g/mol. The van der Waals surface area contributed by atoms with Gasteiger partial charge in [-0.05, 0) is 66.2 Å². The molecule has 1 heterocycles. The van der Waals surface area contributed by atoms with Crippen molar-refractivity contribution in [1.82, 2.24) is 10.3 Å². The summed E-state index contributed by atoms with van der Waals surface area (Å²) in [7, 11) is 1.85. The predicted molar refractivity (Wildman–Crippen MR) is 81.3 cm³/mol. The first-order chi connectivity index (χ1) is 9.20. The lowest BCUT2D eigenvalue weighted by Gasteiger charge is -2.47. The summed E-state index contributed by atoms with van der Waals surface area (Å²) >= 11 is 3.49. The number of pyridine rings is 1. The van der Waals surface area contributed by atoms with E-state index in [-0.39, 0.29) is 5.60 Å². The highest BCUT2D eigenvalue weighted by atomic mass is 79.9. The molecule has 19 heavy (non-hydrogen) atoms. The van der Waals surface area contributed by atoms with Gasteiger partial charge in [-0.2, -0.15) is 0 Å². The topological polar surface area (TPSA) is 34.2 Å². The third kappa shape index (κ3) is 3.56. The van der Waals surface area contributed by atoms with Crippen molar-refractivity contribution in [3.63, 3.8) is 0 Å². The SMILES string of the molecule is CCCNC(Cc1cncc(Br)c1)C1(OC)CCC1. The Bertz CT molecular complexity index is 401. The molecule has 1 atom stereocenters. The molecule has 0 aromatic carbocycles. The minimum atomic E-state index is 0.0253. The molecule has 0 amide bonds. The van der Waals surface area contributed by atoms with Crippen LogP contribution in [0.4, 0.5) is 0 Å². The standard InChI is InChI=1S/C15H23BrN2O/c1-3-7-18-14(15(19-2)5-4-6-15)9-12-8-13(16)11-17-10-12/h8,10-11,14,18H,3-7,9H2,1-2H3. The maximum atomic E-state index is 5.84. The zero-order valence-corrected chi connectivity index (χ0v) is 13.4. The van der Waals surface area contributed by atoms with Crippen LogP contribution in [0.5, 0.6) is 0 Å². The van der Waals surface area contributed by atoms with E-state index in [1.54, 1.807) is 0 Å². The fourth-order valence-electron chi connectivity index (χ4n) is 2.79. The summed E-state index contributed by atoms with van der Waals surface area (Å²) in [5.41, 5.74) is 1.28. The van der Waals surface area contributed by atoms with Crippen LogP contribution < -0.4 is 5.32 Å². The van der Waals surface area contributed by atoms with Gasteiger partial charge in [-0.3, -0.25) is 4.98 Å². The Kier molecular flexibility index (Phi) is 5.37. The van der Waals surface area contributed by atoms with E-state index in [4.69, 9.17) is 4.74 Å². The number of rotatable bonds is 7. The van der Waals surface area contributed by atoms with E-state index in [0.29, 0.717) is 6.04 Å². The number of nitrogens with zero attached hydrogens (tertiary/aromatic N) is 1. The Balaban J connectivity index is 2.09. The van der Waals surface area contributed by atoms with Crippen LogP contribution in [0.3, 0.4) is 0 Å². The molecule has 0 bridgehead atoms. The zero-order chi connectivity index (χ0) is 13.7. The fraction of sp³-hybridized carbons (Fsp3) is 0.667. The summed E-state index contributed by atoms with van der Waals surface area (Å²) in [6.45, 7) is 3.24. The van der Waals surface area contributed by atoms with Gasteiger partial charge < -0.3 is 10.1 Å². The van der Waals surface area contributed by atoms with Gasteiger partial charge in [-0.15, -0.1) is 0 Å². The zero-order valence-electron chi connectivity index (χ0n) is 11.8. The molecule has 0 aliphatic heterocycles. The van der Waals surface area contributed by atoms with Gasteiger partial charge in [0.15, 0.2) is 0 Å². The molecule has 1 aromatic rings. The maximum Gasteiger partial charge on any atom is 0.0834 e. The van der Waals surface area contributed by atoms with Crippen LogP contribution in [0.25, 0.3) is 0 Å². The second-order valence-corrected chi connectivity index (χ2v) is 6.26. The van der Waals surface area contributed by atoms with E-state index in [9.17, 15) is 0 Å². The fourth-order valence-corrected chi connectivity index (χ4v) is 3.20. The van der Waals surface area contributed by atoms with Gasteiger partial charge in [-0.25, -0.2) is 0 Å². The van der Waals surface area contributed by atoms with E-state index in [0.717, 1.165) is 36.7 Å². The van der Waals surface area contributed by atoms with Crippen LogP contribution in [0, 0.1) is 0 Å². The Morgan fingerprint density at radius 3 is 2.79 bits per heavy atom. The first-order valence-corrected chi connectivity index (χ1v) is 7.87. The Labute approximate surface area is 124 Å². The molecule has 1 aliphatic carbocycles. The van der Waals surface area contributed by atoms with Crippen molar-refractivity contribution in [3.8, 4) is 0 Å². The van der Waals surface area contributed by atoms with Crippen molar-refractivity contribution < 1.29 is 4.74 Å². The van der Waals surface area contributed by atoms with Crippen LogP contribution in [-0.4, -0.2) is 30.3 Å². The molecule has 1 aliphatic rings. The van der Waals surface area contributed by atoms with Gasteiger partial charge >= 0.3 is 0 Å². The lowest BCUT2D eigenvalue weighted by molar-refractivity contribution is -0.0980. The number of hydrogen-bond donors (Lipinski definition) is 1. The largest absolute Gasteiger partial charge is 0.377 e. The van der Waals surface area contributed by atoms with Crippen LogP contribution >= 0.6 is 15.9 Å². The molecular formula is C15H23BrN2O. The first kappa shape index (κ1) is 14.9. The van der Waals surface area contributed by atoms with Gasteiger partial charge in [0.2, 0.25) is 0 Å². The van der Waals surface area contributed by atoms with E-state index < -0.39 is 0 Å². The lowest BCUT2D eigenvalue weighted by atomic mass is 9.72. The van der Waals surface area contributed by atoms with E-state index >= 15 is 0 Å². The quantitative estimate of drug-likeness (QED) is 0.834. The molecule has 1 saturated carbocycles. The molecule has 1 fully saturated rings. The molecule has 4 heteroatoms. The third-order valence-corrected chi connectivity index (χ3v) is 4.52. The minimum Gasteiger partial charge on any atom is -0.377 e. The van der Waals surface area contributed by atoms with Crippen LogP contribution in [0.2, 0.25) is 0 Å². The van der Waals surface area contributed by atoms with Crippen LogP contribution in [-0.2, 0) is 11.2 Å². The predicted octanol–water partition coefficient (Wildman–Crippen LogP) is 3.32. The second-order valence-electron chi connectivity index (χ2n) is 5.34. The molecule has 0 spiro atoms. The molecule has 0 saturated heterocycles. The third-order valence-electron chi connectivity index (χ3n) is 4.08. The van der Waals surface area contributed by atoms with Crippen molar-refractivity contribution in [1.29, 1.82) is 0 Å². The van der Waals surface area contributed by atoms with Crippen molar-refractivity contribution in [3.05, 3.63) is 28.5 Å². The van der Waals surface area contributed by atoms with Gasteiger partial charge in [0.05, 0.1) is 5.60 Å². The summed E-state index contributed by atoms with van der Waals surface area (Å²) in [4.78, 5) is 4.25. The van der Waals surface area contributed by atoms with Gasteiger partial charge in [0.1, 0.15) is 0 Å². The van der Waals surface area contributed by atoms with Crippen molar-refractivity contribution in [2.75, 3.05) is 13.7 Å². The monoisotopic (exact) mass is 326 g/mol. The van der Waals surface area contributed by atoms with E-state index in [2.05, 4.69) is 39.2 Å². The summed E-state index contributed by atoms with van der Waals surface area (Å²) in [6.07, 6.45) is 9.49. The Morgan fingerprint density at radius 2 is 2.26 bits per heavy atom. The van der Waals surface area contributed by atoms with E-state index in [1.165, 1.54) is 12.0 Å². The first-order valence-electron chi connectivity index (χ1n) is 7.08. The smallest absolute Gasteiger partial charge is 0.0834 e. The van der Waals surface area contributed by atoms with Gasteiger partial charge in [0, 0.05) is 30.0 Å². The number of aromatic nitrogens is 1. The summed E-state index contributed by atoms with van der Waals surface area (Å²) in [5, 5.41) is 3.66. The van der Waals surface area contributed by atoms with Gasteiger partial charge in [-0.1, -0.05) is 6.92 Å². The number of halogens is 1. The molecule has 3 nitrogen and oxygen atoms in total. The Hall–Kier alpha value is -0.450. The van der Waals surface area contributed by atoms with Crippen LogP contribution in [0.15, 0.2) is 22.9 Å². The molecule has 106 valence electrons. The summed E-state index contributed by atoms with van der Waals surface area (Å²) < 4.78 is 6.88. The minimum absolute atomic E-state index is 0.0253. The van der Waals surface area contributed by atoms with Gasteiger partial charge in [0.25, 0.3) is 0 Å². The highest BCUT2D eigenvalue weighted by molar-refractivity contribution is 9.10. The highest BCUT2D eigenvalue weighted by Gasteiger charge is 2.44. The van der Waals surface area contributed by atoms with Crippen molar-refractivity contribution >= 4 is 15.9 Å². The van der Waals surface area contributed by atoms with Crippen molar-refractivity contribution in [2.24, 2.45) is 0 Å². The second kappa shape index (κ2) is 6.82. The molecular weight excluding hydrogens is 304 g/mol. The van der Waals surface area contributed by atoms with Crippen LogP contribution in [0.1, 0.15) is 38.2 Å². The number of methoxy groups -OCH3 is 1. The molecule has 1 aromatic heterocycles. The van der Waals surface area contributed by atoms with Crippen molar-refractivity contribution in [2.45, 2.75) is 50.7 Å². The number of hydrogen-bond acceptors (Lipinski definition) is 3. The summed E-state index contributed by atoms with van der Waals surface area (Å²) in [5.74, 6) is 0. The van der Waals surface area contributed by atoms with E-state index in [1.807, 2.05) is 19.5 Å². The molecule has 1 unspecified atom stereocenters. The molecule has 1 N–H and O–H groups in total. The average Bonchev–Trinajstić information content (AvgIpc) is 2.35. The Morgan fingerprint density at radius 1 is 1.47 bits per heavy atom. The molecule has 2 rings (SSSR count). The lowest BCUT2D eigenvalue weighted by Crippen LogP contribution is -2.57. The number of nitrogens with one attached hydrogen (secondary N) is 1. The summed E-state index contributed by atoms with van der Waals surface area (Å²) in [6, 6.07) is 2.53. The molecule has 0 radical (unpaired) electrons.